The molecular weight excluding hydrogens is 626 g/mol. The first kappa shape index (κ1) is 31.5. The highest BCUT2D eigenvalue weighted by atomic mass is 32.1. The van der Waals surface area contributed by atoms with Gasteiger partial charge in [0.05, 0.1) is 18.3 Å². The van der Waals surface area contributed by atoms with E-state index in [1.54, 1.807) is 24.1 Å². The summed E-state index contributed by atoms with van der Waals surface area (Å²) in [6, 6.07) is 12.4. The van der Waals surface area contributed by atoms with Crippen molar-refractivity contribution in [3.8, 4) is 17.3 Å². The minimum atomic E-state index is -3.45. The van der Waals surface area contributed by atoms with E-state index in [2.05, 4.69) is 16.0 Å². The fourth-order valence-corrected chi connectivity index (χ4v) is 6.51. The quantitative estimate of drug-likeness (QED) is 0.285. The first-order chi connectivity index (χ1) is 22.0. The van der Waals surface area contributed by atoms with Gasteiger partial charge in [0.1, 0.15) is 22.5 Å². The summed E-state index contributed by atoms with van der Waals surface area (Å²) >= 11 is 1.01. The number of rotatable bonds is 8. The highest BCUT2D eigenvalue weighted by molar-refractivity contribution is 7.16. The number of amides is 1. The molecule has 2 fully saturated rings. The van der Waals surface area contributed by atoms with E-state index in [0.29, 0.717) is 60.5 Å². The molecule has 1 amide bonds. The number of aliphatic hydroxyl groups is 1. The Hall–Kier alpha value is -4.52. The maximum absolute atomic E-state index is 14.7. The molecular formula is C31H29F4N7O3S. The Balaban J connectivity index is 1.33. The van der Waals surface area contributed by atoms with Gasteiger partial charge in [-0.25, -0.2) is 22.5 Å². The van der Waals surface area contributed by atoms with Crippen LogP contribution in [0.4, 0.5) is 34.1 Å². The molecule has 4 aromatic rings. The lowest BCUT2D eigenvalue weighted by atomic mass is 10.1. The van der Waals surface area contributed by atoms with Crippen molar-refractivity contribution in [2.75, 3.05) is 62.7 Å². The molecule has 2 saturated heterocycles. The fourth-order valence-electron chi connectivity index (χ4n) is 5.65. The zero-order chi connectivity index (χ0) is 32.7. The van der Waals surface area contributed by atoms with Gasteiger partial charge >= 0.3 is 0 Å². The minimum Gasteiger partial charge on any atom is -0.389 e. The Morgan fingerprint density at radius 2 is 1.80 bits per heavy atom. The number of likely N-dealkylation sites (tertiary alicyclic amines) is 1. The van der Waals surface area contributed by atoms with E-state index in [-0.39, 0.29) is 33.5 Å². The number of carbonyl (C=O) groups is 1. The Morgan fingerprint density at radius 3 is 2.43 bits per heavy atom. The van der Waals surface area contributed by atoms with Crippen molar-refractivity contribution in [2.24, 2.45) is 0 Å². The van der Waals surface area contributed by atoms with Crippen molar-refractivity contribution in [3.05, 3.63) is 69.7 Å². The molecule has 2 aliphatic heterocycles. The van der Waals surface area contributed by atoms with Gasteiger partial charge in [-0.05, 0) is 42.5 Å². The number of fused-ring (bicyclic) bond motifs is 1. The van der Waals surface area contributed by atoms with Crippen LogP contribution in [0.15, 0.2) is 53.5 Å². The molecule has 2 aromatic heterocycles. The van der Waals surface area contributed by atoms with Crippen molar-refractivity contribution in [2.45, 2.75) is 18.8 Å². The molecule has 46 heavy (non-hydrogen) atoms. The third-order valence-corrected chi connectivity index (χ3v) is 9.31. The predicted molar refractivity (Wildman–Crippen MR) is 166 cm³/mol. The van der Waals surface area contributed by atoms with Gasteiger partial charge in [0.2, 0.25) is 12.2 Å². The number of hydrogen-bond acceptors (Lipinski definition) is 9. The molecule has 0 radical (unpaired) electrons. The van der Waals surface area contributed by atoms with Crippen molar-refractivity contribution in [3.63, 3.8) is 0 Å². The van der Waals surface area contributed by atoms with E-state index < -0.39 is 30.2 Å². The summed E-state index contributed by atoms with van der Waals surface area (Å²) in [7, 11) is 1.58. The van der Waals surface area contributed by atoms with Crippen LogP contribution in [0.2, 0.25) is 0 Å². The maximum atomic E-state index is 14.7. The standard InChI is InChI=1S/C31H29F4N7O3S/c1-38(31-37-27(25(13-36)46-31)18-2-4-19(32)5-3-18)24-16-42(29(35)28(33)34)30(45)22-7-6-20(12-23(22)24)40-10-8-39(9-11-40)17-26(44)41-14-21(43)15-41/h2-7,12,16,21,28-29,43H,8-11,14-15,17H2,1H3. The zero-order valence-electron chi connectivity index (χ0n) is 24.6. The van der Waals surface area contributed by atoms with Gasteiger partial charge < -0.3 is 19.8 Å². The molecule has 4 heterocycles. The Bertz CT molecular complexity index is 1860. The highest BCUT2D eigenvalue weighted by Gasteiger charge is 2.31. The first-order valence-corrected chi connectivity index (χ1v) is 15.3. The second-order valence-electron chi connectivity index (χ2n) is 11.2. The molecule has 1 atom stereocenters. The molecule has 0 aliphatic carbocycles. The van der Waals surface area contributed by atoms with E-state index >= 15 is 0 Å². The number of carbonyl (C=O) groups excluding carboxylic acids is 1. The molecule has 2 aromatic carbocycles. The van der Waals surface area contributed by atoms with Crippen LogP contribution < -0.4 is 15.4 Å². The number of β-amino-alcohol motifs (C(OH)–C–C–N with tert-alkyl or cyclic N) is 1. The third-order valence-electron chi connectivity index (χ3n) is 8.27. The van der Waals surface area contributed by atoms with Crippen LogP contribution in [0.3, 0.4) is 0 Å². The number of benzene rings is 2. The Morgan fingerprint density at radius 1 is 1.11 bits per heavy atom. The number of aromatic nitrogens is 2. The number of pyridine rings is 1. The number of piperazine rings is 1. The van der Waals surface area contributed by atoms with Gasteiger partial charge in [-0.2, -0.15) is 5.26 Å². The first-order valence-electron chi connectivity index (χ1n) is 14.5. The van der Waals surface area contributed by atoms with Gasteiger partial charge in [-0.1, -0.05) is 11.3 Å². The van der Waals surface area contributed by atoms with E-state index in [4.69, 9.17) is 0 Å². The lowest BCUT2D eigenvalue weighted by Crippen LogP contribution is -2.57. The number of nitrogens with zero attached hydrogens (tertiary/aromatic N) is 7. The Labute approximate surface area is 264 Å². The second-order valence-corrected chi connectivity index (χ2v) is 12.2. The highest BCUT2D eigenvalue weighted by Crippen LogP contribution is 2.38. The van der Waals surface area contributed by atoms with Gasteiger partial charge in [0.25, 0.3) is 12.0 Å². The summed E-state index contributed by atoms with van der Waals surface area (Å²) in [5.41, 5.74) is 0.825. The van der Waals surface area contributed by atoms with Crippen molar-refractivity contribution in [1.29, 1.82) is 5.26 Å². The number of hydrogen-bond donors (Lipinski definition) is 1. The van der Waals surface area contributed by atoms with Crippen molar-refractivity contribution >= 4 is 44.5 Å². The monoisotopic (exact) mass is 655 g/mol. The van der Waals surface area contributed by atoms with Crippen LogP contribution in [0, 0.1) is 17.1 Å². The van der Waals surface area contributed by atoms with Gasteiger partial charge in [0, 0.05) is 74.5 Å². The normalized spacial score (nSPS) is 16.5. The number of anilines is 3. The summed E-state index contributed by atoms with van der Waals surface area (Å²) in [4.78, 5) is 37.7. The summed E-state index contributed by atoms with van der Waals surface area (Å²) < 4.78 is 55.6. The molecule has 1 unspecified atom stereocenters. The van der Waals surface area contributed by atoms with E-state index in [1.165, 1.54) is 35.2 Å². The third kappa shape index (κ3) is 6.03. The summed E-state index contributed by atoms with van der Waals surface area (Å²) in [5.74, 6) is -0.491. The summed E-state index contributed by atoms with van der Waals surface area (Å²) in [5, 5.41) is 19.9. The van der Waals surface area contributed by atoms with Crippen molar-refractivity contribution in [1.82, 2.24) is 19.4 Å². The molecule has 240 valence electrons. The largest absolute Gasteiger partial charge is 0.389 e. The van der Waals surface area contributed by atoms with Gasteiger partial charge in [-0.15, -0.1) is 0 Å². The summed E-state index contributed by atoms with van der Waals surface area (Å²) in [6.45, 7) is 3.27. The van der Waals surface area contributed by atoms with Gasteiger partial charge in [0.15, 0.2) is 5.13 Å². The maximum Gasteiger partial charge on any atom is 0.288 e. The topological polar surface area (TPSA) is 109 Å². The van der Waals surface area contributed by atoms with E-state index in [0.717, 1.165) is 23.2 Å². The zero-order valence-corrected chi connectivity index (χ0v) is 25.4. The van der Waals surface area contributed by atoms with Crippen molar-refractivity contribution < 1.29 is 27.5 Å². The van der Waals surface area contributed by atoms with Crippen LogP contribution in [-0.4, -0.2) is 95.8 Å². The number of thiazole rings is 1. The van der Waals surface area contributed by atoms with Gasteiger partial charge in [-0.3, -0.25) is 19.1 Å². The number of halogens is 4. The predicted octanol–water partition coefficient (Wildman–Crippen LogP) is 3.96. The average Bonchev–Trinajstić information content (AvgIpc) is 3.48. The van der Waals surface area contributed by atoms with Crippen LogP contribution in [-0.2, 0) is 4.79 Å². The minimum absolute atomic E-state index is 0.0215. The fraction of sp³-hybridized carbons (Fsp3) is 0.355. The molecule has 2 aliphatic rings. The SMILES string of the molecule is CN(c1nc(-c2ccc(F)cc2)c(C#N)s1)c1cn(C(F)C(F)F)c(=O)c2ccc(N3CCN(CC(=O)N4CC(O)C4)CC3)cc12. The molecule has 0 bridgehead atoms. The lowest BCUT2D eigenvalue weighted by molar-refractivity contribution is -0.142. The molecule has 0 spiro atoms. The number of nitriles is 1. The second kappa shape index (κ2) is 12.7. The Kier molecular flexibility index (Phi) is 8.69. The number of alkyl halides is 3. The number of aliphatic hydroxyl groups excluding tert-OH is 1. The summed E-state index contributed by atoms with van der Waals surface area (Å²) in [6.07, 6.45) is -5.77. The van der Waals surface area contributed by atoms with Crippen LogP contribution in [0.25, 0.3) is 22.0 Å². The van der Waals surface area contributed by atoms with E-state index in [1.807, 2.05) is 4.90 Å². The molecule has 0 saturated carbocycles. The van der Waals surface area contributed by atoms with E-state index in [9.17, 15) is 37.5 Å². The average molecular weight is 656 g/mol. The van der Waals surface area contributed by atoms with Crippen LogP contribution in [0.1, 0.15) is 11.2 Å². The van der Waals surface area contributed by atoms with Crippen LogP contribution in [0.5, 0.6) is 0 Å². The molecule has 1 N–H and O–H groups in total. The molecule has 10 nitrogen and oxygen atoms in total. The smallest absolute Gasteiger partial charge is 0.288 e. The molecule has 6 rings (SSSR count). The lowest BCUT2D eigenvalue weighted by Gasteiger charge is -2.39. The van der Waals surface area contributed by atoms with Crippen LogP contribution >= 0.6 is 11.3 Å². The molecule has 15 heteroatoms.